The topological polar surface area (TPSA) is 57.8 Å². The first-order valence-corrected chi connectivity index (χ1v) is 8.49. The Bertz CT molecular complexity index is 838. The van der Waals surface area contributed by atoms with Crippen LogP contribution in [-0.4, -0.2) is 37.4 Å². The van der Waals surface area contributed by atoms with Crippen LogP contribution in [0.2, 0.25) is 0 Å². The van der Waals surface area contributed by atoms with Crippen LogP contribution in [0.3, 0.4) is 0 Å². The molecule has 0 bridgehead atoms. The van der Waals surface area contributed by atoms with Gasteiger partial charge in [-0.3, -0.25) is 4.68 Å². The Morgan fingerprint density at radius 3 is 2.71 bits per heavy atom. The lowest BCUT2D eigenvalue weighted by Gasteiger charge is -2.02. The van der Waals surface area contributed by atoms with Gasteiger partial charge in [0, 0.05) is 26.0 Å². The average Bonchev–Trinajstić information content (AvgIpc) is 3.15. The number of thioether (sulfide) groups is 1. The predicted octanol–water partition coefficient (Wildman–Crippen LogP) is 3.03. The Labute approximate surface area is 145 Å². The van der Waals surface area contributed by atoms with Gasteiger partial charge in [-0.05, 0) is 5.56 Å². The van der Waals surface area contributed by atoms with Crippen LogP contribution in [0.4, 0.5) is 0 Å². The number of nitrogens with zero attached hydrogens (tertiary/aromatic N) is 5. The van der Waals surface area contributed by atoms with E-state index in [2.05, 4.69) is 39.6 Å². The maximum absolute atomic E-state index is 5.30. The first-order valence-electron chi connectivity index (χ1n) is 7.51. The van der Waals surface area contributed by atoms with Crippen molar-refractivity contribution in [3.63, 3.8) is 0 Å². The molecule has 24 heavy (non-hydrogen) atoms. The van der Waals surface area contributed by atoms with Crippen LogP contribution < -0.4 is 4.74 Å². The Kier molecular flexibility index (Phi) is 5.00. The molecule has 0 spiro atoms. The molecule has 7 heteroatoms. The van der Waals surface area contributed by atoms with Gasteiger partial charge in [0.05, 0.1) is 7.11 Å². The minimum absolute atomic E-state index is 0.550. The number of benzene rings is 1. The third-order valence-corrected chi connectivity index (χ3v) is 4.46. The zero-order valence-corrected chi connectivity index (χ0v) is 14.7. The van der Waals surface area contributed by atoms with Crippen LogP contribution in [0.1, 0.15) is 5.56 Å². The summed E-state index contributed by atoms with van der Waals surface area (Å²) in [7, 11) is 5.41. The number of aryl methyl sites for hydroxylation is 1. The van der Waals surface area contributed by atoms with Crippen molar-refractivity contribution in [2.75, 3.05) is 12.9 Å². The molecule has 0 aliphatic heterocycles. The number of rotatable bonds is 6. The van der Waals surface area contributed by atoms with Crippen molar-refractivity contribution < 1.29 is 4.74 Å². The van der Waals surface area contributed by atoms with Gasteiger partial charge in [0.1, 0.15) is 5.56 Å². The van der Waals surface area contributed by atoms with E-state index in [1.165, 1.54) is 5.56 Å². The maximum Gasteiger partial charge on any atom is 0.243 e. The first-order chi connectivity index (χ1) is 11.7. The van der Waals surface area contributed by atoms with Crippen molar-refractivity contribution in [2.45, 2.75) is 5.16 Å². The van der Waals surface area contributed by atoms with Crippen LogP contribution in [0, 0.1) is 0 Å². The lowest BCUT2D eigenvalue weighted by molar-refractivity contribution is 0.393. The highest BCUT2D eigenvalue weighted by molar-refractivity contribution is 7.99. The summed E-state index contributed by atoms with van der Waals surface area (Å²) in [5, 5.41) is 13.7. The molecule has 3 rings (SSSR count). The standard InChI is InChI=1S/C17H19N5OS/c1-21-12-14(16(20-21)23-3)15-18-19-17(22(15)2)24-11-7-10-13-8-5-4-6-9-13/h4-10,12H,11H2,1-3H3. The molecule has 3 aromatic rings. The third-order valence-electron chi connectivity index (χ3n) is 3.48. The second-order valence-electron chi connectivity index (χ2n) is 5.21. The van der Waals surface area contributed by atoms with E-state index in [-0.39, 0.29) is 0 Å². The number of ether oxygens (including phenoxy) is 1. The molecule has 2 heterocycles. The zero-order valence-electron chi connectivity index (χ0n) is 13.9. The Hall–Kier alpha value is -2.54. The Morgan fingerprint density at radius 2 is 1.96 bits per heavy atom. The molecule has 0 aliphatic carbocycles. The van der Waals surface area contributed by atoms with Gasteiger partial charge in [-0.25, -0.2) is 0 Å². The summed E-state index contributed by atoms with van der Waals surface area (Å²) in [6.45, 7) is 0. The molecule has 0 atom stereocenters. The second kappa shape index (κ2) is 7.35. The Balaban J connectivity index is 1.70. The van der Waals surface area contributed by atoms with Crippen molar-refractivity contribution in [3.05, 3.63) is 48.2 Å². The molecule has 2 aromatic heterocycles. The van der Waals surface area contributed by atoms with Gasteiger partial charge < -0.3 is 9.30 Å². The second-order valence-corrected chi connectivity index (χ2v) is 6.20. The van der Waals surface area contributed by atoms with Gasteiger partial charge >= 0.3 is 0 Å². The molecule has 0 aliphatic rings. The number of hydrogen-bond acceptors (Lipinski definition) is 5. The molecular weight excluding hydrogens is 322 g/mol. The van der Waals surface area contributed by atoms with Crippen LogP contribution in [0.15, 0.2) is 47.8 Å². The fourth-order valence-electron chi connectivity index (χ4n) is 2.32. The molecule has 0 saturated heterocycles. The molecule has 0 N–H and O–H groups in total. The highest BCUT2D eigenvalue weighted by Gasteiger charge is 2.17. The maximum atomic E-state index is 5.30. The number of aromatic nitrogens is 5. The number of methoxy groups -OCH3 is 1. The summed E-state index contributed by atoms with van der Waals surface area (Å²) in [5.41, 5.74) is 2.03. The summed E-state index contributed by atoms with van der Waals surface area (Å²) in [6, 6.07) is 10.2. The smallest absolute Gasteiger partial charge is 0.243 e. The zero-order chi connectivity index (χ0) is 16.9. The van der Waals surface area contributed by atoms with Crippen LogP contribution in [0.25, 0.3) is 17.5 Å². The van der Waals surface area contributed by atoms with Gasteiger partial charge in [-0.15, -0.1) is 15.3 Å². The summed E-state index contributed by atoms with van der Waals surface area (Å²) in [5.74, 6) is 2.12. The average molecular weight is 341 g/mol. The van der Waals surface area contributed by atoms with Crippen molar-refractivity contribution in [1.82, 2.24) is 24.5 Å². The minimum Gasteiger partial charge on any atom is -0.479 e. The summed E-state index contributed by atoms with van der Waals surface area (Å²) in [4.78, 5) is 0. The van der Waals surface area contributed by atoms with E-state index >= 15 is 0 Å². The van der Waals surface area contributed by atoms with Crippen LogP contribution in [-0.2, 0) is 14.1 Å². The highest BCUT2D eigenvalue weighted by Crippen LogP contribution is 2.28. The summed E-state index contributed by atoms with van der Waals surface area (Å²) < 4.78 is 8.97. The van der Waals surface area contributed by atoms with Gasteiger partial charge in [-0.2, -0.15) is 0 Å². The Morgan fingerprint density at radius 1 is 1.17 bits per heavy atom. The minimum atomic E-state index is 0.550. The normalized spacial score (nSPS) is 11.3. The molecular formula is C17H19N5OS. The quantitative estimate of drug-likeness (QED) is 0.645. The van der Waals surface area contributed by atoms with Crippen molar-refractivity contribution in [3.8, 4) is 17.3 Å². The lowest BCUT2D eigenvalue weighted by atomic mass is 10.2. The van der Waals surface area contributed by atoms with Gasteiger partial charge in [0.15, 0.2) is 11.0 Å². The van der Waals surface area contributed by atoms with E-state index < -0.39 is 0 Å². The van der Waals surface area contributed by atoms with Gasteiger partial charge in [-0.1, -0.05) is 54.2 Å². The predicted molar refractivity (Wildman–Crippen MR) is 96.0 cm³/mol. The largest absolute Gasteiger partial charge is 0.479 e. The molecule has 0 unspecified atom stereocenters. The van der Waals surface area contributed by atoms with Gasteiger partial charge in [0.2, 0.25) is 5.88 Å². The van der Waals surface area contributed by atoms with E-state index in [4.69, 9.17) is 4.74 Å². The summed E-state index contributed by atoms with van der Waals surface area (Å²) >= 11 is 1.64. The van der Waals surface area contributed by atoms with Crippen LogP contribution >= 0.6 is 11.8 Å². The number of hydrogen-bond donors (Lipinski definition) is 0. The highest BCUT2D eigenvalue weighted by atomic mass is 32.2. The lowest BCUT2D eigenvalue weighted by Crippen LogP contribution is -1.96. The van der Waals surface area contributed by atoms with Crippen LogP contribution in [0.5, 0.6) is 5.88 Å². The fourth-order valence-corrected chi connectivity index (χ4v) is 3.04. The van der Waals surface area contributed by atoms with E-state index in [1.54, 1.807) is 23.6 Å². The van der Waals surface area contributed by atoms with Gasteiger partial charge in [0.25, 0.3) is 0 Å². The van der Waals surface area contributed by atoms with Crippen molar-refractivity contribution >= 4 is 17.8 Å². The molecule has 0 radical (unpaired) electrons. The van der Waals surface area contributed by atoms with Crippen molar-refractivity contribution in [1.29, 1.82) is 0 Å². The molecule has 0 amide bonds. The SMILES string of the molecule is COc1nn(C)cc1-c1nnc(SCC=Cc2ccccc2)n1C. The molecule has 0 saturated carbocycles. The molecule has 124 valence electrons. The van der Waals surface area contributed by atoms with Crippen molar-refractivity contribution in [2.24, 2.45) is 14.1 Å². The summed E-state index contributed by atoms with van der Waals surface area (Å²) in [6.07, 6.45) is 6.11. The first kappa shape index (κ1) is 16.3. The van der Waals surface area contributed by atoms with E-state index in [0.29, 0.717) is 5.88 Å². The molecule has 6 nitrogen and oxygen atoms in total. The molecule has 1 aromatic carbocycles. The fraction of sp³-hybridized carbons (Fsp3) is 0.235. The van der Waals surface area contributed by atoms with E-state index in [9.17, 15) is 0 Å². The third kappa shape index (κ3) is 3.51. The molecule has 0 fully saturated rings. The monoisotopic (exact) mass is 341 g/mol. The van der Waals surface area contributed by atoms with E-state index in [0.717, 1.165) is 22.3 Å². The van der Waals surface area contributed by atoms with E-state index in [1.807, 2.05) is 43.1 Å².